The van der Waals surface area contributed by atoms with E-state index < -0.39 is 0 Å². The van der Waals surface area contributed by atoms with Crippen molar-refractivity contribution in [2.45, 2.75) is 38.4 Å². The highest BCUT2D eigenvalue weighted by Gasteiger charge is 2.19. The van der Waals surface area contributed by atoms with Gasteiger partial charge in [-0.25, -0.2) is 0 Å². The monoisotopic (exact) mass is 431 g/mol. The maximum absolute atomic E-state index is 12.3. The number of likely N-dealkylation sites (tertiary alicyclic amines) is 1. The highest BCUT2D eigenvalue weighted by molar-refractivity contribution is 8.00. The van der Waals surface area contributed by atoms with Gasteiger partial charge < -0.3 is 20.9 Å². The number of nitrogens with zero attached hydrogens (tertiary/aromatic N) is 2. The van der Waals surface area contributed by atoms with E-state index in [-0.39, 0.29) is 23.0 Å². The molecule has 30 heavy (non-hydrogen) atoms. The third-order valence-electron chi connectivity index (χ3n) is 4.90. The maximum atomic E-state index is 12.3. The molecule has 2 unspecified atom stereocenters. The zero-order valence-electron chi connectivity index (χ0n) is 17.9. The fourth-order valence-electron chi connectivity index (χ4n) is 3.22. The fourth-order valence-corrected chi connectivity index (χ4v) is 4.25. The van der Waals surface area contributed by atoms with Gasteiger partial charge in [-0.15, -0.1) is 11.8 Å². The summed E-state index contributed by atoms with van der Waals surface area (Å²) < 4.78 is 0. The Morgan fingerprint density at radius 3 is 2.70 bits per heavy atom. The molecule has 0 aliphatic carbocycles. The minimum Gasteiger partial charge on any atom is -0.383 e. The van der Waals surface area contributed by atoms with Crippen molar-refractivity contribution < 1.29 is 9.59 Å². The van der Waals surface area contributed by atoms with Crippen molar-refractivity contribution in [3.8, 4) is 6.07 Å². The first-order chi connectivity index (χ1) is 14.5. The van der Waals surface area contributed by atoms with Crippen LogP contribution in [0.1, 0.15) is 33.1 Å². The second-order valence-corrected chi connectivity index (χ2v) is 8.79. The number of hydrogen-bond acceptors (Lipinski definition) is 6. The first-order valence-electron chi connectivity index (χ1n) is 10.7. The molecule has 0 bridgehead atoms. The van der Waals surface area contributed by atoms with Gasteiger partial charge in [0.25, 0.3) is 0 Å². The van der Waals surface area contributed by atoms with Gasteiger partial charge in [0, 0.05) is 43.2 Å². The summed E-state index contributed by atoms with van der Waals surface area (Å²) in [5.41, 5.74) is 1.59. The second-order valence-electron chi connectivity index (χ2n) is 7.56. The van der Waals surface area contributed by atoms with Crippen molar-refractivity contribution >= 4 is 35.0 Å². The van der Waals surface area contributed by atoms with Crippen LogP contribution >= 0.6 is 11.8 Å². The van der Waals surface area contributed by atoms with Gasteiger partial charge in [0.1, 0.15) is 5.25 Å². The molecule has 164 valence electrons. The second kappa shape index (κ2) is 13.1. The molecule has 8 heteroatoms. The molecule has 2 rings (SSSR count). The minimum absolute atomic E-state index is 0.0142. The van der Waals surface area contributed by atoms with Gasteiger partial charge in [-0.05, 0) is 58.0 Å². The molecule has 0 radical (unpaired) electrons. The van der Waals surface area contributed by atoms with Crippen molar-refractivity contribution in [3.05, 3.63) is 24.3 Å². The number of benzene rings is 1. The maximum Gasteiger partial charge on any atom is 0.234 e. The van der Waals surface area contributed by atoms with Gasteiger partial charge in [-0.3, -0.25) is 9.59 Å². The van der Waals surface area contributed by atoms with Gasteiger partial charge in [-0.2, -0.15) is 5.26 Å². The van der Waals surface area contributed by atoms with Crippen LogP contribution in [-0.2, 0) is 9.59 Å². The lowest BCUT2D eigenvalue weighted by atomic mass is 10.2. The summed E-state index contributed by atoms with van der Waals surface area (Å²) in [5, 5.41) is 17.8. The molecule has 2 amide bonds. The molecule has 0 aromatic heterocycles. The summed E-state index contributed by atoms with van der Waals surface area (Å²) in [5.74, 6) is 0.477. The Bertz CT molecular complexity index is 730. The number of carbonyl (C=O) groups is 2. The van der Waals surface area contributed by atoms with Gasteiger partial charge in [-0.1, -0.05) is 6.07 Å². The SMILES string of the molecule is CCNC(=O)C(CNc1cccc(NC(=O)CCN2CCCC2)c1)SCC(C)C#N. The predicted molar refractivity (Wildman–Crippen MR) is 124 cm³/mol. The van der Waals surface area contributed by atoms with Crippen LogP contribution in [0.3, 0.4) is 0 Å². The zero-order chi connectivity index (χ0) is 21.8. The van der Waals surface area contributed by atoms with Crippen molar-refractivity contribution in [2.75, 3.05) is 49.1 Å². The lowest BCUT2D eigenvalue weighted by molar-refractivity contribution is -0.120. The summed E-state index contributed by atoms with van der Waals surface area (Å²) >= 11 is 1.48. The molecule has 1 aliphatic rings. The standard InChI is InChI=1S/C22H33N5O2S/c1-3-24-22(29)20(30-16-17(2)14-23)15-25-18-7-6-8-19(13-18)26-21(28)9-12-27-10-4-5-11-27/h6-8,13,17,20,25H,3-5,9-12,15-16H2,1-2H3,(H,24,29)(H,26,28). The Labute approximate surface area is 184 Å². The summed E-state index contributed by atoms with van der Waals surface area (Å²) in [6, 6.07) is 9.74. The van der Waals surface area contributed by atoms with Crippen LogP contribution in [0.25, 0.3) is 0 Å². The number of amides is 2. The lowest BCUT2D eigenvalue weighted by Crippen LogP contribution is -2.37. The van der Waals surface area contributed by atoms with Crippen molar-refractivity contribution in [1.82, 2.24) is 10.2 Å². The van der Waals surface area contributed by atoms with E-state index in [4.69, 9.17) is 5.26 Å². The summed E-state index contributed by atoms with van der Waals surface area (Å²) in [7, 11) is 0. The van der Waals surface area contributed by atoms with Gasteiger partial charge >= 0.3 is 0 Å². The number of thioether (sulfide) groups is 1. The van der Waals surface area contributed by atoms with E-state index in [1.54, 1.807) is 0 Å². The molecule has 1 heterocycles. The average Bonchev–Trinajstić information content (AvgIpc) is 3.26. The fraction of sp³-hybridized carbons (Fsp3) is 0.591. The van der Waals surface area contributed by atoms with Crippen LogP contribution < -0.4 is 16.0 Å². The first kappa shape index (κ1) is 24.0. The van der Waals surface area contributed by atoms with Gasteiger partial charge in [0.2, 0.25) is 11.8 Å². The molecular weight excluding hydrogens is 398 g/mol. The van der Waals surface area contributed by atoms with Crippen LogP contribution in [0.4, 0.5) is 11.4 Å². The molecule has 2 atom stereocenters. The third kappa shape index (κ3) is 8.64. The quantitative estimate of drug-likeness (QED) is 0.471. The van der Waals surface area contributed by atoms with Crippen LogP contribution in [0.2, 0.25) is 0 Å². The third-order valence-corrected chi connectivity index (χ3v) is 6.38. The molecule has 3 N–H and O–H groups in total. The van der Waals surface area contributed by atoms with E-state index in [9.17, 15) is 9.59 Å². The Morgan fingerprint density at radius 2 is 2.00 bits per heavy atom. The number of rotatable bonds is 12. The van der Waals surface area contributed by atoms with E-state index in [2.05, 4.69) is 26.9 Å². The molecule has 1 aliphatic heterocycles. The average molecular weight is 432 g/mol. The Morgan fingerprint density at radius 1 is 1.27 bits per heavy atom. The molecule has 0 spiro atoms. The van der Waals surface area contributed by atoms with Gasteiger partial charge in [0.15, 0.2) is 0 Å². The molecular formula is C22H33N5O2S. The van der Waals surface area contributed by atoms with Crippen molar-refractivity contribution in [2.24, 2.45) is 5.92 Å². The Hall–Kier alpha value is -2.24. The number of hydrogen-bond donors (Lipinski definition) is 3. The molecule has 1 fully saturated rings. The van der Waals surface area contributed by atoms with E-state index in [1.165, 1.54) is 24.6 Å². The van der Waals surface area contributed by atoms with E-state index in [0.29, 0.717) is 25.3 Å². The zero-order valence-corrected chi connectivity index (χ0v) is 18.8. The number of nitrogens with one attached hydrogen (secondary N) is 3. The van der Waals surface area contributed by atoms with E-state index in [0.717, 1.165) is 31.0 Å². The minimum atomic E-state index is -0.292. The topological polar surface area (TPSA) is 97.3 Å². The van der Waals surface area contributed by atoms with E-state index >= 15 is 0 Å². The molecule has 1 aromatic rings. The Kier molecular flexibility index (Phi) is 10.5. The summed E-state index contributed by atoms with van der Waals surface area (Å²) in [6.45, 7) is 7.74. The van der Waals surface area contributed by atoms with Crippen molar-refractivity contribution in [3.63, 3.8) is 0 Å². The van der Waals surface area contributed by atoms with Crippen LogP contribution in [-0.4, -0.2) is 60.4 Å². The Balaban J connectivity index is 1.86. The van der Waals surface area contributed by atoms with Crippen LogP contribution in [0.5, 0.6) is 0 Å². The van der Waals surface area contributed by atoms with Crippen LogP contribution in [0, 0.1) is 17.2 Å². The summed E-state index contributed by atoms with van der Waals surface area (Å²) in [4.78, 5) is 26.9. The largest absolute Gasteiger partial charge is 0.383 e. The molecule has 1 saturated heterocycles. The number of anilines is 2. The number of nitriles is 1. The lowest BCUT2D eigenvalue weighted by Gasteiger charge is -2.18. The van der Waals surface area contributed by atoms with Crippen LogP contribution in [0.15, 0.2) is 24.3 Å². The predicted octanol–water partition coefficient (Wildman–Crippen LogP) is 2.92. The highest BCUT2D eigenvalue weighted by atomic mass is 32.2. The first-order valence-corrected chi connectivity index (χ1v) is 11.7. The van der Waals surface area contributed by atoms with Gasteiger partial charge in [0.05, 0.1) is 12.0 Å². The molecule has 0 saturated carbocycles. The smallest absolute Gasteiger partial charge is 0.234 e. The number of carbonyl (C=O) groups excluding carboxylic acids is 2. The normalized spacial score (nSPS) is 15.8. The summed E-state index contributed by atoms with van der Waals surface area (Å²) in [6.07, 6.45) is 2.94. The molecule has 1 aromatic carbocycles. The molecule has 7 nitrogen and oxygen atoms in total. The van der Waals surface area contributed by atoms with Crippen molar-refractivity contribution in [1.29, 1.82) is 5.26 Å². The highest BCUT2D eigenvalue weighted by Crippen LogP contribution is 2.19. The van der Waals surface area contributed by atoms with E-state index in [1.807, 2.05) is 38.1 Å².